The van der Waals surface area contributed by atoms with Gasteiger partial charge >= 0.3 is 0 Å². The number of hydrogen-bond donors (Lipinski definition) is 1. The minimum Gasteiger partial charge on any atom is -0.497 e. The number of allylic oxidation sites excluding steroid dienone is 2. The summed E-state index contributed by atoms with van der Waals surface area (Å²) in [5, 5.41) is 12.2. The van der Waals surface area contributed by atoms with Crippen LogP contribution in [-0.2, 0) is 11.0 Å². The molecule has 2 aromatic rings. The van der Waals surface area contributed by atoms with Crippen molar-refractivity contribution in [3.8, 4) is 11.5 Å². The highest BCUT2D eigenvalue weighted by atomic mass is 16.5. The second kappa shape index (κ2) is 5.24. The third kappa shape index (κ3) is 1.71. The van der Waals surface area contributed by atoms with Crippen LogP contribution in [0.25, 0.3) is 0 Å². The van der Waals surface area contributed by atoms with E-state index >= 15 is 0 Å². The van der Waals surface area contributed by atoms with Crippen molar-refractivity contribution in [1.29, 1.82) is 0 Å². The van der Waals surface area contributed by atoms with Gasteiger partial charge in [0.25, 0.3) is 0 Å². The number of aliphatic hydroxyl groups is 1. The summed E-state index contributed by atoms with van der Waals surface area (Å²) in [7, 11) is 3.34. The van der Waals surface area contributed by atoms with Crippen molar-refractivity contribution in [3.05, 3.63) is 84.0 Å². The van der Waals surface area contributed by atoms with Crippen molar-refractivity contribution in [2.24, 2.45) is 17.8 Å². The second-order valence-corrected chi connectivity index (χ2v) is 7.44. The monoisotopic (exact) mass is 346 g/mol. The van der Waals surface area contributed by atoms with Crippen LogP contribution in [0.5, 0.6) is 11.5 Å². The van der Waals surface area contributed by atoms with Crippen molar-refractivity contribution >= 4 is 0 Å². The molecule has 0 spiro atoms. The van der Waals surface area contributed by atoms with Gasteiger partial charge in [0.1, 0.15) is 17.1 Å². The molecule has 0 radical (unpaired) electrons. The van der Waals surface area contributed by atoms with Crippen LogP contribution in [0.4, 0.5) is 0 Å². The normalized spacial score (nSPS) is 35.9. The topological polar surface area (TPSA) is 38.7 Å². The lowest BCUT2D eigenvalue weighted by Gasteiger charge is -2.46. The third-order valence-corrected chi connectivity index (χ3v) is 6.59. The Bertz CT molecular complexity index is 827. The molecule has 3 nitrogen and oxygen atoms in total. The zero-order valence-electron chi connectivity index (χ0n) is 14.9. The van der Waals surface area contributed by atoms with E-state index in [0.717, 1.165) is 17.1 Å². The van der Waals surface area contributed by atoms with E-state index in [4.69, 9.17) is 9.47 Å². The fraction of sp³-hybridized carbons (Fsp3) is 0.304. The molecule has 0 heterocycles. The molecule has 0 amide bonds. The van der Waals surface area contributed by atoms with Crippen molar-refractivity contribution in [3.63, 3.8) is 0 Å². The summed E-state index contributed by atoms with van der Waals surface area (Å²) in [6.45, 7) is 0. The maximum Gasteiger partial charge on any atom is 0.118 e. The third-order valence-electron chi connectivity index (χ3n) is 6.59. The van der Waals surface area contributed by atoms with E-state index in [1.165, 1.54) is 5.56 Å². The molecule has 5 atom stereocenters. The molecule has 1 fully saturated rings. The number of fused-ring (bicyclic) bond motifs is 2. The minimum atomic E-state index is -0.966. The highest BCUT2D eigenvalue weighted by molar-refractivity contribution is 5.57. The van der Waals surface area contributed by atoms with Gasteiger partial charge in [0, 0.05) is 11.3 Å². The van der Waals surface area contributed by atoms with Gasteiger partial charge in [-0.05, 0) is 47.2 Å². The number of ether oxygens (including phenoxy) is 2. The van der Waals surface area contributed by atoms with Crippen molar-refractivity contribution in [2.75, 3.05) is 14.2 Å². The molecule has 0 aliphatic heterocycles. The van der Waals surface area contributed by atoms with Gasteiger partial charge in [0.15, 0.2) is 0 Å². The first-order chi connectivity index (χ1) is 12.7. The van der Waals surface area contributed by atoms with Gasteiger partial charge < -0.3 is 14.6 Å². The average Bonchev–Trinajstić information content (AvgIpc) is 3.42. The maximum absolute atomic E-state index is 12.2. The van der Waals surface area contributed by atoms with E-state index in [2.05, 4.69) is 36.4 Å². The molecule has 0 saturated heterocycles. The zero-order chi connectivity index (χ0) is 17.9. The lowest BCUT2D eigenvalue weighted by Crippen LogP contribution is -2.49. The van der Waals surface area contributed by atoms with Crippen LogP contribution >= 0.6 is 0 Å². The lowest BCUT2D eigenvalue weighted by molar-refractivity contribution is -0.0435. The molecular formula is C23H22O3. The summed E-state index contributed by atoms with van der Waals surface area (Å²) in [6, 6.07) is 16.1. The summed E-state index contributed by atoms with van der Waals surface area (Å²) in [4.78, 5) is 0. The van der Waals surface area contributed by atoms with Crippen LogP contribution in [0, 0.1) is 17.8 Å². The number of hydrogen-bond acceptors (Lipinski definition) is 3. The van der Waals surface area contributed by atoms with E-state index in [1.807, 2.05) is 36.4 Å². The van der Waals surface area contributed by atoms with Crippen LogP contribution in [0.1, 0.15) is 11.1 Å². The number of methoxy groups -OCH3 is 2. The summed E-state index contributed by atoms with van der Waals surface area (Å²) < 4.78 is 10.6. The maximum atomic E-state index is 12.2. The van der Waals surface area contributed by atoms with Gasteiger partial charge in [-0.1, -0.05) is 48.6 Å². The molecule has 2 unspecified atom stereocenters. The van der Waals surface area contributed by atoms with Gasteiger partial charge in [0.2, 0.25) is 0 Å². The predicted molar refractivity (Wildman–Crippen MR) is 100 cm³/mol. The molecule has 1 saturated carbocycles. The largest absolute Gasteiger partial charge is 0.497 e. The van der Waals surface area contributed by atoms with Crippen LogP contribution < -0.4 is 9.47 Å². The Morgan fingerprint density at radius 1 is 0.692 bits per heavy atom. The minimum absolute atomic E-state index is 0.0343. The number of rotatable bonds is 4. The van der Waals surface area contributed by atoms with Crippen molar-refractivity contribution in [2.45, 2.75) is 11.0 Å². The molecule has 1 N–H and O–H groups in total. The zero-order valence-corrected chi connectivity index (χ0v) is 14.9. The Morgan fingerprint density at radius 3 is 1.62 bits per heavy atom. The van der Waals surface area contributed by atoms with E-state index < -0.39 is 5.60 Å². The predicted octanol–water partition coefficient (Wildman–Crippen LogP) is 3.83. The first kappa shape index (κ1) is 15.7. The molecule has 132 valence electrons. The molecule has 0 aromatic heterocycles. The highest BCUT2D eigenvalue weighted by Gasteiger charge is 2.77. The Labute approximate surface area is 153 Å². The SMILES string of the molecule is COc1ccc(C23[C@@H]4C=CC(C=C[C@@H]42)[C@@]3(O)c2ccc(OC)cc2)cc1. The first-order valence-corrected chi connectivity index (χ1v) is 9.04. The molecule has 2 aromatic carbocycles. The van der Waals surface area contributed by atoms with Crippen LogP contribution in [0.2, 0.25) is 0 Å². The van der Waals surface area contributed by atoms with Crippen LogP contribution in [-0.4, -0.2) is 19.3 Å². The molecule has 26 heavy (non-hydrogen) atoms. The lowest BCUT2D eigenvalue weighted by atomic mass is 9.61. The summed E-state index contributed by atoms with van der Waals surface area (Å²) >= 11 is 0. The molecule has 3 heteroatoms. The summed E-state index contributed by atoms with van der Waals surface area (Å²) in [5.74, 6) is 2.24. The van der Waals surface area contributed by atoms with E-state index in [-0.39, 0.29) is 11.3 Å². The van der Waals surface area contributed by atoms with E-state index in [0.29, 0.717) is 11.8 Å². The van der Waals surface area contributed by atoms with Gasteiger partial charge in [-0.25, -0.2) is 0 Å². The van der Waals surface area contributed by atoms with Crippen LogP contribution in [0.3, 0.4) is 0 Å². The average molecular weight is 346 g/mol. The van der Waals surface area contributed by atoms with Gasteiger partial charge in [-0.2, -0.15) is 0 Å². The standard InChI is InChI=1S/C23H22O3/c1-25-18-9-3-15(4-10-18)22-20-13-7-17(8-14-21(20)22)23(22,24)16-5-11-19(26-2)12-6-16/h3-14,17,20-21,24H,1-2H3/t17?,20-,21+,22?,23-/m0/s1. The van der Waals surface area contributed by atoms with Crippen LogP contribution in [0.15, 0.2) is 72.8 Å². The van der Waals surface area contributed by atoms with E-state index in [9.17, 15) is 5.11 Å². The second-order valence-electron chi connectivity index (χ2n) is 7.44. The van der Waals surface area contributed by atoms with Crippen molar-refractivity contribution < 1.29 is 14.6 Å². The quantitative estimate of drug-likeness (QED) is 0.855. The Balaban J connectivity index is 1.69. The Morgan fingerprint density at radius 2 is 1.15 bits per heavy atom. The van der Waals surface area contributed by atoms with E-state index in [1.54, 1.807) is 14.2 Å². The Hall–Kier alpha value is -2.52. The Kier molecular flexibility index (Phi) is 3.17. The van der Waals surface area contributed by atoms with Gasteiger partial charge in [0.05, 0.1) is 14.2 Å². The smallest absolute Gasteiger partial charge is 0.118 e. The summed E-state index contributed by atoms with van der Waals surface area (Å²) in [5.41, 5.74) is 0.833. The van der Waals surface area contributed by atoms with Gasteiger partial charge in [-0.3, -0.25) is 0 Å². The highest BCUT2D eigenvalue weighted by Crippen LogP contribution is 2.75. The fourth-order valence-electron chi connectivity index (χ4n) is 5.34. The molecule has 3 aliphatic carbocycles. The molecule has 5 rings (SSSR count). The first-order valence-electron chi connectivity index (χ1n) is 9.04. The molecule has 2 bridgehead atoms. The van der Waals surface area contributed by atoms with Gasteiger partial charge in [-0.15, -0.1) is 0 Å². The molecular weight excluding hydrogens is 324 g/mol. The van der Waals surface area contributed by atoms with Crippen molar-refractivity contribution in [1.82, 2.24) is 0 Å². The fourth-order valence-corrected chi connectivity index (χ4v) is 5.34. The number of benzene rings is 2. The molecule has 3 aliphatic rings. The summed E-state index contributed by atoms with van der Waals surface area (Å²) in [6.07, 6.45) is 8.91.